The number of rotatable bonds is 6. The molecule has 2 aromatic rings. The number of methoxy groups -OCH3 is 1. The highest BCUT2D eigenvalue weighted by molar-refractivity contribution is 6.04. The fraction of sp³-hybridized carbons (Fsp3) is 0.316. The Morgan fingerprint density at radius 2 is 1.79 bits per heavy atom. The predicted octanol–water partition coefficient (Wildman–Crippen LogP) is 3.46. The summed E-state index contributed by atoms with van der Waals surface area (Å²) in [5.41, 5.74) is 4.48. The third-order valence-corrected chi connectivity index (χ3v) is 3.84. The number of aryl methyl sites for hydroxylation is 1. The fourth-order valence-corrected chi connectivity index (χ4v) is 2.64. The summed E-state index contributed by atoms with van der Waals surface area (Å²) in [6.07, 6.45) is 0. The van der Waals surface area contributed by atoms with Gasteiger partial charge in [-0.3, -0.25) is 4.99 Å². The Labute approximate surface area is 149 Å². The molecule has 0 unspecified atom stereocenters. The Morgan fingerprint density at radius 3 is 2.46 bits per heavy atom. The zero-order chi connectivity index (χ0) is 16.1. The SMILES string of the molecule is COCCOc1c(C2=NCCN2)cccc1-c1ccc(C)cc1.Cl. The topological polar surface area (TPSA) is 42.9 Å². The lowest BCUT2D eigenvalue weighted by molar-refractivity contribution is 0.146. The first-order valence-electron chi connectivity index (χ1n) is 7.90. The van der Waals surface area contributed by atoms with Crippen LogP contribution in [0.3, 0.4) is 0 Å². The van der Waals surface area contributed by atoms with Gasteiger partial charge in [0.05, 0.1) is 18.7 Å². The summed E-state index contributed by atoms with van der Waals surface area (Å²) < 4.78 is 11.2. The molecule has 5 heteroatoms. The van der Waals surface area contributed by atoms with Crippen LogP contribution in [-0.2, 0) is 4.74 Å². The summed E-state index contributed by atoms with van der Waals surface area (Å²) in [5.74, 6) is 1.77. The number of para-hydroxylation sites is 1. The first-order valence-corrected chi connectivity index (χ1v) is 7.90. The van der Waals surface area contributed by atoms with Gasteiger partial charge in [-0.1, -0.05) is 42.0 Å². The summed E-state index contributed by atoms with van der Waals surface area (Å²) in [7, 11) is 1.68. The molecule has 1 aliphatic heterocycles. The molecule has 0 saturated heterocycles. The number of hydrogen-bond donors (Lipinski definition) is 1. The summed E-state index contributed by atoms with van der Waals surface area (Å²) in [6, 6.07) is 14.7. The molecule has 3 rings (SSSR count). The number of nitrogens with one attached hydrogen (secondary N) is 1. The van der Waals surface area contributed by atoms with E-state index >= 15 is 0 Å². The second-order valence-corrected chi connectivity index (χ2v) is 5.55. The number of aliphatic imine (C=N–C) groups is 1. The third-order valence-electron chi connectivity index (χ3n) is 3.84. The van der Waals surface area contributed by atoms with E-state index in [0.717, 1.165) is 41.4 Å². The molecular formula is C19H23ClN2O2. The molecular weight excluding hydrogens is 324 g/mol. The summed E-state index contributed by atoms with van der Waals surface area (Å²) in [4.78, 5) is 4.54. The van der Waals surface area contributed by atoms with Crippen molar-refractivity contribution >= 4 is 18.2 Å². The lowest BCUT2D eigenvalue weighted by Gasteiger charge is -2.16. The highest BCUT2D eigenvalue weighted by Crippen LogP contribution is 2.34. The minimum absolute atomic E-state index is 0. The average Bonchev–Trinajstić information content (AvgIpc) is 3.10. The molecule has 128 valence electrons. The number of ether oxygens (including phenoxy) is 2. The molecule has 0 aliphatic carbocycles. The second kappa shape index (κ2) is 8.71. The molecule has 1 aliphatic rings. The van der Waals surface area contributed by atoms with Crippen molar-refractivity contribution in [1.82, 2.24) is 5.32 Å². The van der Waals surface area contributed by atoms with Crippen molar-refractivity contribution in [2.24, 2.45) is 4.99 Å². The van der Waals surface area contributed by atoms with Crippen LogP contribution in [0.4, 0.5) is 0 Å². The highest BCUT2D eigenvalue weighted by Gasteiger charge is 2.17. The molecule has 2 aromatic carbocycles. The van der Waals surface area contributed by atoms with Gasteiger partial charge < -0.3 is 14.8 Å². The van der Waals surface area contributed by atoms with Gasteiger partial charge in [-0.15, -0.1) is 12.4 Å². The molecule has 0 aromatic heterocycles. The molecule has 4 nitrogen and oxygen atoms in total. The van der Waals surface area contributed by atoms with Crippen LogP contribution >= 0.6 is 12.4 Å². The van der Waals surface area contributed by atoms with E-state index in [9.17, 15) is 0 Å². The Kier molecular flexibility index (Phi) is 6.64. The quantitative estimate of drug-likeness (QED) is 0.814. The van der Waals surface area contributed by atoms with E-state index in [1.165, 1.54) is 5.56 Å². The summed E-state index contributed by atoms with van der Waals surface area (Å²) in [5, 5.41) is 3.33. The Hall–Kier alpha value is -2.04. The van der Waals surface area contributed by atoms with Crippen molar-refractivity contribution in [1.29, 1.82) is 0 Å². The van der Waals surface area contributed by atoms with Gasteiger partial charge in [0.1, 0.15) is 18.2 Å². The molecule has 24 heavy (non-hydrogen) atoms. The molecule has 0 saturated carbocycles. The monoisotopic (exact) mass is 346 g/mol. The van der Waals surface area contributed by atoms with Gasteiger partial charge in [-0.25, -0.2) is 0 Å². The zero-order valence-electron chi connectivity index (χ0n) is 14.0. The molecule has 0 spiro atoms. The van der Waals surface area contributed by atoms with E-state index in [1.54, 1.807) is 7.11 Å². The van der Waals surface area contributed by atoms with Crippen molar-refractivity contribution in [2.75, 3.05) is 33.4 Å². The summed E-state index contributed by atoms with van der Waals surface area (Å²) in [6.45, 7) is 4.85. The Balaban J connectivity index is 0.00000208. The first-order chi connectivity index (χ1) is 11.3. The predicted molar refractivity (Wildman–Crippen MR) is 101 cm³/mol. The standard InChI is InChI=1S/C19H22N2O2.ClH/c1-14-6-8-15(9-7-14)16-4-3-5-17(19-20-10-11-21-19)18(16)23-13-12-22-2;/h3-9H,10-13H2,1-2H3,(H,20,21);1H. The van der Waals surface area contributed by atoms with E-state index in [2.05, 4.69) is 59.7 Å². The lowest BCUT2D eigenvalue weighted by atomic mass is 10.00. The molecule has 0 radical (unpaired) electrons. The van der Waals surface area contributed by atoms with Crippen LogP contribution in [0.15, 0.2) is 47.5 Å². The molecule has 0 bridgehead atoms. The molecule has 1 heterocycles. The van der Waals surface area contributed by atoms with Crippen LogP contribution in [0.2, 0.25) is 0 Å². The van der Waals surface area contributed by atoms with E-state index in [4.69, 9.17) is 9.47 Å². The van der Waals surface area contributed by atoms with Gasteiger partial charge in [-0.2, -0.15) is 0 Å². The van der Waals surface area contributed by atoms with E-state index in [-0.39, 0.29) is 12.4 Å². The van der Waals surface area contributed by atoms with E-state index < -0.39 is 0 Å². The molecule has 0 atom stereocenters. The molecule has 1 N–H and O–H groups in total. The van der Waals surface area contributed by atoms with Crippen LogP contribution in [0.5, 0.6) is 5.75 Å². The number of amidine groups is 1. The second-order valence-electron chi connectivity index (χ2n) is 5.55. The van der Waals surface area contributed by atoms with Crippen LogP contribution in [0.25, 0.3) is 11.1 Å². The van der Waals surface area contributed by atoms with E-state index in [1.807, 2.05) is 0 Å². The fourth-order valence-electron chi connectivity index (χ4n) is 2.64. The van der Waals surface area contributed by atoms with Crippen LogP contribution < -0.4 is 10.1 Å². The normalized spacial score (nSPS) is 13.0. The smallest absolute Gasteiger partial charge is 0.138 e. The van der Waals surface area contributed by atoms with Crippen molar-refractivity contribution < 1.29 is 9.47 Å². The van der Waals surface area contributed by atoms with Crippen molar-refractivity contribution in [3.63, 3.8) is 0 Å². The third kappa shape index (κ3) is 4.08. The van der Waals surface area contributed by atoms with Gasteiger partial charge in [0, 0.05) is 19.2 Å². The van der Waals surface area contributed by atoms with Gasteiger partial charge in [0.2, 0.25) is 0 Å². The Bertz CT molecular complexity index is 699. The minimum Gasteiger partial charge on any atom is -0.490 e. The zero-order valence-corrected chi connectivity index (χ0v) is 14.9. The number of benzene rings is 2. The van der Waals surface area contributed by atoms with E-state index in [0.29, 0.717) is 13.2 Å². The first kappa shape index (κ1) is 18.3. The van der Waals surface area contributed by atoms with Gasteiger partial charge >= 0.3 is 0 Å². The maximum Gasteiger partial charge on any atom is 0.138 e. The largest absolute Gasteiger partial charge is 0.490 e. The maximum absolute atomic E-state index is 6.06. The maximum atomic E-state index is 6.06. The average molecular weight is 347 g/mol. The number of halogens is 1. The number of hydrogen-bond acceptors (Lipinski definition) is 4. The molecule has 0 amide bonds. The minimum atomic E-state index is 0. The van der Waals surface area contributed by atoms with Crippen LogP contribution in [0.1, 0.15) is 11.1 Å². The lowest BCUT2D eigenvalue weighted by Crippen LogP contribution is -2.21. The van der Waals surface area contributed by atoms with Crippen molar-refractivity contribution in [2.45, 2.75) is 6.92 Å². The summed E-state index contributed by atoms with van der Waals surface area (Å²) >= 11 is 0. The molecule has 0 fully saturated rings. The van der Waals surface area contributed by atoms with Crippen LogP contribution in [0, 0.1) is 6.92 Å². The van der Waals surface area contributed by atoms with Crippen LogP contribution in [-0.4, -0.2) is 39.2 Å². The Morgan fingerprint density at radius 1 is 1.04 bits per heavy atom. The van der Waals surface area contributed by atoms with Gasteiger partial charge in [0.25, 0.3) is 0 Å². The number of nitrogens with zero attached hydrogens (tertiary/aromatic N) is 1. The van der Waals surface area contributed by atoms with Crippen molar-refractivity contribution in [3.05, 3.63) is 53.6 Å². The van der Waals surface area contributed by atoms with Crippen molar-refractivity contribution in [3.8, 4) is 16.9 Å². The van der Waals surface area contributed by atoms with Gasteiger partial charge in [0.15, 0.2) is 0 Å². The van der Waals surface area contributed by atoms with Gasteiger partial charge in [-0.05, 0) is 18.6 Å². The highest BCUT2D eigenvalue weighted by atomic mass is 35.5.